The van der Waals surface area contributed by atoms with E-state index in [9.17, 15) is 4.79 Å². The molecule has 1 aromatic rings. The normalized spacial score (nSPS) is 19.8. The number of amides is 1. The van der Waals surface area contributed by atoms with Crippen LogP contribution in [0.2, 0.25) is 0 Å². The summed E-state index contributed by atoms with van der Waals surface area (Å²) >= 11 is 1.69. The first-order valence-electron chi connectivity index (χ1n) is 6.96. The van der Waals surface area contributed by atoms with Crippen molar-refractivity contribution in [2.75, 3.05) is 31.5 Å². The third kappa shape index (κ3) is 4.30. The fourth-order valence-corrected chi connectivity index (χ4v) is 3.33. The predicted octanol–water partition coefficient (Wildman–Crippen LogP) is 2.14. The van der Waals surface area contributed by atoms with Crippen LogP contribution in [0.25, 0.3) is 0 Å². The smallest absolute Gasteiger partial charge is 0.221 e. The molecule has 2 heterocycles. The minimum Gasteiger partial charge on any atom is -0.325 e. The van der Waals surface area contributed by atoms with Gasteiger partial charge >= 0.3 is 0 Å². The minimum atomic E-state index is -0.00553. The molecular formula is C14H23N3OS. The maximum Gasteiger partial charge on any atom is 0.221 e. The van der Waals surface area contributed by atoms with E-state index in [2.05, 4.69) is 22.5 Å². The lowest BCUT2D eigenvalue weighted by molar-refractivity contribution is -0.114. The van der Waals surface area contributed by atoms with E-state index >= 15 is 0 Å². The van der Waals surface area contributed by atoms with Gasteiger partial charge in [-0.05, 0) is 43.4 Å². The van der Waals surface area contributed by atoms with E-state index in [1.807, 2.05) is 11.4 Å². The number of hydrogen-bond donors (Lipinski definition) is 2. The number of nitrogens with zero attached hydrogens (tertiary/aromatic N) is 1. The van der Waals surface area contributed by atoms with Crippen LogP contribution < -0.4 is 10.6 Å². The number of hydrogen-bond acceptors (Lipinski definition) is 4. The summed E-state index contributed by atoms with van der Waals surface area (Å²) in [6.45, 7) is 9.29. The van der Waals surface area contributed by atoms with Crippen molar-refractivity contribution in [1.82, 2.24) is 10.2 Å². The average Bonchev–Trinajstić information content (AvgIpc) is 2.99. The Balaban J connectivity index is 1.74. The summed E-state index contributed by atoms with van der Waals surface area (Å²) in [5, 5.41) is 8.42. The van der Waals surface area contributed by atoms with Crippen molar-refractivity contribution in [3.05, 3.63) is 16.3 Å². The Hall–Kier alpha value is -0.910. The zero-order valence-corrected chi connectivity index (χ0v) is 12.6. The maximum atomic E-state index is 11.1. The first-order valence-corrected chi connectivity index (χ1v) is 7.84. The van der Waals surface area contributed by atoms with Gasteiger partial charge in [-0.3, -0.25) is 4.79 Å². The Labute approximate surface area is 119 Å². The highest BCUT2D eigenvalue weighted by Crippen LogP contribution is 2.22. The van der Waals surface area contributed by atoms with Crippen LogP contribution in [0.5, 0.6) is 0 Å². The lowest BCUT2D eigenvalue weighted by Gasteiger charge is -2.13. The van der Waals surface area contributed by atoms with Crippen molar-refractivity contribution in [3.63, 3.8) is 0 Å². The summed E-state index contributed by atoms with van der Waals surface area (Å²) in [5.74, 6) is 0.762. The lowest BCUT2D eigenvalue weighted by Crippen LogP contribution is -2.26. The standard InChI is InChI=1S/C14H23N3OS/c1-3-17-6-4-12(10-17)8-15-9-14-13(5-7-19-14)16-11(2)18/h5,7,12,15H,3-4,6,8-10H2,1-2H3,(H,16,18). The zero-order valence-electron chi connectivity index (χ0n) is 11.7. The SMILES string of the molecule is CCN1CCC(CNCc2sccc2NC(C)=O)C1. The summed E-state index contributed by atoms with van der Waals surface area (Å²) in [7, 11) is 0. The highest BCUT2D eigenvalue weighted by molar-refractivity contribution is 7.10. The molecule has 1 aliphatic rings. The van der Waals surface area contributed by atoms with Gasteiger partial charge in [0.25, 0.3) is 0 Å². The Morgan fingerprint density at radius 1 is 1.58 bits per heavy atom. The summed E-state index contributed by atoms with van der Waals surface area (Å²) in [6, 6.07) is 1.97. The molecule has 1 atom stereocenters. The second-order valence-corrected chi connectivity index (χ2v) is 6.12. The van der Waals surface area contributed by atoms with Crippen molar-refractivity contribution in [2.45, 2.75) is 26.8 Å². The van der Waals surface area contributed by atoms with Gasteiger partial charge in [0.15, 0.2) is 0 Å². The fraction of sp³-hybridized carbons (Fsp3) is 0.643. The van der Waals surface area contributed by atoms with Crippen LogP contribution >= 0.6 is 11.3 Å². The van der Waals surface area contributed by atoms with Gasteiger partial charge in [0.1, 0.15) is 0 Å². The molecule has 5 heteroatoms. The lowest BCUT2D eigenvalue weighted by atomic mass is 10.1. The largest absolute Gasteiger partial charge is 0.325 e. The maximum absolute atomic E-state index is 11.1. The second-order valence-electron chi connectivity index (χ2n) is 5.12. The number of rotatable bonds is 6. The van der Waals surface area contributed by atoms with Gasteiger partial charge in [-0.1, -0.05) is 6.92 Å². The second kappa shape index (κ2) is 7.03. The summed E-state index contributed by atoms with van der Waals surface area (Å²) in [4.78, 5) is 14.8. The molecule has 4 nitrogen and oxygen atoms in total. The van der Waals surface area contributed by atoms with Crippen LogP contribution in [0.4, 0.5) is 5.69 Å². The van der Waals surface area contributed by atoms with Gasteiger partial charge in [-0.15, -0.1) is 11.3 Å². The number of likely N-dealkylation sites (tertiary alicyclic amines) is 1. The minimum absolute atomic E-state index is 0.00553. The first kappa shape index (κ1) is 14.5. The molecule has 2 N–H and O–H groups in total. The average molecular weight is 281 g/mol. The van der Waals surface area contributed by atoms with E-state index in [0.717, 1.165) is 31.2 Å². The summed E-state index contributed by atoms with van der Waals surface area (Å²) < 4.78 is 0. The third-order valence-corrected chi connectivity index (χ3v) is 4.51. The number of anilines is 1. The molecular weight excluding hydrogens is 258 g/mol. The Morgan fingerprint density at radius 3 is 3.11 bits per heavy atom. The molecule has 0 aromatic carbocycles. The molecule has 1 unspecified atom stereocenters. The summed E-state index contributed by atoms with van der Waals surface area (Å²) in [5.41, 5.74) is 0.951. The highest BCUT2D eigenvalue weighted by atomic mass is 32.1. The van der Waals surface area contributed by atoms with Gasteiger partial charge in [0.05, 0.1) is 5.69 Å². The van der Waals surface area contributed by atoms with Gasteiger partial charge in [-0.25, -0.2) is 0 Å². The molecule has 0 bridgehead atoms. The molecule has 0 radical (unpaired) electrons. The van der Waals surface area contributed by atoms with Crippen LogP contribution in [-0.2, 0) is 11.3 Å². The molecule has 19 heavy (non-hydrogen) atoms. The van der Waals surface area contributed by atoms with Gasteiger partial charge in [-0.2, -0.15) is 0 Å². The van der Waals surface area contributed by atoms with Crippen molar-refractivity contribution in [1.29, 1.82) is 0 Å². The number of nitrogens with one attached hydrogen (secondary N) is 2. The van der Waals surface area contributed by atoms with Crippen molar-refractivity contribution >= 4 is 22.9 Å². The molecule has 1 fully saturated rings. The van der Waals surface area contributed by atoms with Crippen molar-refractivity contribution in [3.8, 4) is 0 Å². The number of carbonyl (C=O) groups excluding carboxylic acids is 1. The summed E-state index contributed by atoms with van der Waals surface area (Å²) in [6.07, 6.45) is 1.30. The third-order valence-electron chi connectivity index (χ3n) is 3.59. The van der Waals surface area contributed by atoms with Gasteiger partial charge in [0.2, 0.25) is 5.91 Å². The molecule has 0 saturated carbocycles. The topological polar surface area (TPSA) is 44.4 Å². The molecule has 106 valence electrons. The zero-order chi connectivity index (χ0) is 13.7. The molecule has 1 saturated heterocycles. The molecule has 2 rings (SSSR count). The van der Waals surface area contributed by atoms with E-state index in [-0.39, 0.29) is 5.91 Å². The molecule has 1 aromatic heterocycles. The van der Waals surface area contributed by atoms with E-state index in [0.29, 0.717) is 0 Å². The monoisotopic (exact) mass is 281 g/mol. The molecule has 1 aliphatic heterocycles. The van der Waals surface area contributed by atoms with E-state index < -0.39 is 0 Å². The Morgan fingerprint density at radius 2 is 2.42 bits per heavy atom. The number of carbonyl (C=O) groups is 1. The van der Waals surface area contributed by atoms with Crippen LogP contribution in [0.3, 0.4) is 0 Å². The predicted molar refractivity (Wildman–Crippen MR) is 80.6 cm³/mol. The van der Waals surface area contributed by atoms with E-state index in [1.165, 1.54) is 24.4 Å². The van der Waals surface area contributed by atoms with Crippen molar-refractivity contribution in [2.24, 2.45) is 5.92 Å². The van der Waals surface area contributed by atoms with Gasteiger partial charge in [0, 0.05) is 24.9 Å². The van der Waals surface area contributed by atoms with Crippen LogP contribution in [0.15, 0.2) is 11.4 Å². The number of thiophene rings is 1. The van der Waals surface area contributed by atoms with Crippen LogP contribution in [0, 0.1) is 5.92 Å². The Kier molecular flexibility index (Phi) is 5.36. The first-order chi connectivity index (χ1) is 9.19. The van der Waals surface area contributed by atoms with Crippen molar-refractivity contribution < 1.29 is 4.79 Å². The van der Waals surface area contributed by atoms with Gasteiger partial charge < -0.3 is 15.5 Å². The molecule has 0 spiro atoms. The van der Waals surface area contributed by atoms with Crippen LogP contribution in [0.1, 0.15) is 25.1 Å². The van der Waals surface area contributed by atoms with E-state index in [1.54, 1.807) is 18.3 Å². The Bertz CT molecular complexity index is 419. The molecule has 0 aliphatic carbocycles. The van der Waals surface area contributed by atoms with E-state index in [4.69, 9.17) is 0 Å². The fourth-order valence-electron chi connectivity index (χ4n) is 2.54. The quantitative estimate of drug-likeness (QED) is 0.839. The highest BCUT2D eigenvalue weighted by Gasteiger charge is 2.20. The van der Waals surface area contributed by atoms with Crippen LogP contribution in [-0.4, -0.2) is 37.0 Å². The molecule has 1 amide bonds.